The highest BCUT2D eigenvalue weighted by Crippen LogP contribution is 2.22. The molecular weight excluding hydrogens is 352 g/mol. The van der Waals surface area contributed by atoms with Gasteiger partial charge in [-0.3, -0.25) is 10.9 Å². The van der Waals surface area contributed by atoms with Crippen molar-refractivity contribution in [2.45, 2.75) is 6.92 Å². The van der Waals surface area contributed by atoms with E-state index >= 15 is 0 Å². The lowest BCUT2D eigenvalue weighted by molar-refractivity contribution is 0.0526. The Bertz CT molecular complexity index is 658. The van der Waals surface area contributed by atoms with Crippen molar-refractivity contribution in [3.8, 4) is 5.75 Å². The first kappa shape index (κ1) is 19.3. The number of hydrogen-bond acceptors (Lipinski definition) is 7. The van der Waals surface area contributed by atoms with E-state index in [2.05, 4.69) is 45.5 Å². The topological polar surface area (TPSA) is 147 Å². The molecule has 0 bridgehead atoms. The van der Waals surface area contributed by atoms with Crippen molar-refractivity contribution >= 4 is 53.1 Å². The van der Waals surface area contributed by atoms with E-state index < -0.39 is 5.97 Å². The highest BCUT2D eigenvalue weighted by Gasteiger charge is 2.13. The molecule has 1 rings (SSSR count). The molecule has 0 saturated heterocycles. The third-order valence-corrected chi connectivity index (χ3v) is 2.62. The van der Waals surface area contributed by atoms with Crippen LogP contribution in [0.3, 0.4) is 0 Å². The summed E-state index contributed by atoms with van der Waals surface area (Å²) in [6.45, 7) is 1.89. The second-order valence-corrected chi connectivity index (χ2v) is 5.07. The van der Waals surface area contributed by atoms with Crippen molar-refractivity contribution in [3.05, 3.63) is 28.8 Å². The van der Waals surface area contributed by atoms with Crippen molar-refractivity contribution in [1.29, 1.82) is 0 Å². The van der Waals surface area contributed by atoms with E-state index in [1.165, 1.54) is 24.6 Å². The first-order valence-corrected chi connectivity index (χ1v) is 7.38. The Hall–Kier alpha value is -2.79. The molecule has 0 heterocycles. The fraction of sp³-hybridized carbons (Fsp3) is 0.154. The van der Waals surface area contributed by atoms with Gasteiger partial charge in [-0.1, -0.05) is 0 Å². The number of aromatic hydroxyl groups is 1. The highest BCUT2D eigenvalue weighted by atomic mass is 32.1. The maximum absolute atomic E-state index is 11.9. The number of benzene rings is 1. The fourth-order valence-electron chi connectivity index (χ4n) is 1.54. The van der Waals surface area contributed by atoms with Gasteiger partial charge in [-0.15, -0.1) is 0 Å². The Morgan fingerprint density at radius 3 is 2.04 bits per heavy atom. The molecule has 0 aliphatic heterocycles. The van der Waals surface area contributed by atoms with Crippen molar-refractivity contribution < 1.29 is 14.6 Å². The molecule has 0 aromatic heterocycles. The Morgan fingerprint density at radius 2 is 1.67 bits per heavy atom. The number of carbonyl (C=O) groups is 1. The Morgan fingerprint density at radius 1 is 1.21 bits per heavy atom. The molecule has 1 aromatic rings. The second-order valence-electron chi connectivity index (χ2n) is 4.19. The third kappa shape index (κ3) is 6.14. The lowest BCUT2D eigenvalue weighted by Gasteiger charge is -2.08. The van der Waals surface area contributed by atoms with Gasteiger partial charge in [-0.25, -0.2) is 4.79 Å². The third-order valence-electron chi connectivity index (χ3n) is 2.44. The minimum Gasteiger partial charge on any atom is -0.507 e. The maximum atomic E-state index is 11.9. The fourth-order valence-corrected chi connectivity index (χ4v) is 1.65. The van der Waals surface area contributed by atoms with E-state index in [1.54, 1.807) is 6.92 Å². The molecule has 0 spiro atoms. The van der Waals surface area contributed by atoms with Gasteiger partial charge >= 0.3 is 5.97 Å². The number of nitrogens with zero attached hydrogens (tertiary/aromatic N) is 2. The molecule has 128 valence electrons. The quantitative estimate of drug-likeness (QED) is 0.201. The van der Waals surface area contributed by atoms with Crippen molar-refractivity contribution in [3.63, 3.8) is 0 Å². The number of carbonyl (C=O) groups excluding carboxylic acids is 1. The molecule has 0 saturated carbocycles. The molecule has 0 aliphatic rings. The average Bonchev–Trinajstić information content (AvgIpc) is 2.49. The van der Waals surface area contributed by atoms with Crippen LogP contribution in [0.2, 0.25) is 0 Å². The number of thiocarbonyl (C=S) groups is 2. The van der Waals surface area contributed by atoms with Gasteiger partial charge in [-0.05, 0) is 43.5 Å². The zero-order valence-corrected chi connectivity index (χ0v) is 14.3. The van der Waals surface area contributed by atoms with E-state index in [4.69, 9.17) is 16.2 Å². The maximum Gasteiger partial charge on any atom is 0.338 e. The van der Waals surface area contributed by atoms with E-state index in [1.807, 2.05) is 0 Å². The monoisotopic (exact) mass is 368 g/mol. The van der Waals surface area contributed by atoms with Crippen LogP contribution in [-0.2, 0) is 4.74 Å². The summed E-state index contributed by atoms with van der Waals surface area (Å²) < 4.78 is 4.94. The van der Waals surface area contributed by atoms with Gasteiger partial charge in [0, 0.05) is 11.1 Å². The molecule has 11 heteroatoms. The summed E-state index contributed by atoms with van der Waals surface area (Å²) in [6.07, 6.45) is 2.49. The number of esters is 1. The first-order valence-electron chi connectivity index (χ1n) is 6.56. The van der Waals surface area contributed by atoms with Gasteiger partial charge in [0.25, 0.3) is 0 Å². The van der Waals surface area contributed by atoms with Gasteiger partial charge in [-0.2, -0.15) is 10.2 Å². The number of phenolic OH excluding ortho intramolecular Hbond substituents is 1. The molecule has 7 N–H and O–H groups in total. The predicted octanol–water partition coefficient (Wildman–Crippen LogP) is -0.0969. The summed E-state index contributed by atoms with van der Waals surface area (Å²) in [4.78, 5) is 11.9. The van der Waals surface area contributed by atoms with Crippen molar-refractivity contribution in [2.24, 2.45) is 21.7 Å². The summed E-state index contributed by atoms with van der Waals surface area (Å²) in [7, 11) is 0. The van der Waals surface area contributed by atoms with Crippen LogP contribution in [0.5, 0.6) is 5.75 Å². The zero-order valence-electron chi connectivity index (χ0n) is 12.6. The van der Waals surface area contributed by atoms with Crippen LogP contribution in [0.4, 0.5) is 0 Å². The molecule has 24 heavy (non-hydrogen) atoms. The van der Waals surface area contributed by atoms with Crippen LogP contribution in [-0.4, -0.2) is 40.3 Å². The summed E-state index contributed by atoms with van der Waals surface area (Å²) >= 11 is 9.23. The molecule has 0 unspecified atom stereocenters. The van der Waals surface area contributed by atoms with Crippen LogP contribution in [0, 0.1) is 0 Å². The highest BCUT2D eigenvalue weighted by molar-refractivity contribution is 7.80. The Labute approximate surface area is 148 Å². The normalized spacial score (nSPS) is 10.7. The number of hydrogen-bond donors (Lipinski definition) is 5. The zero-order chi connectivity index (χ0) is 18.1. The summed E-state index contributed by atoms with van der Waals surface area (Å²) in [5.74, 6) is -0.739. The number of hydrazone groups is 2. The minimum atomic E-state index is -0.564. The SMILES string of the molecule is CCOC(=O)c1cc(/C=N/NC(N)=S)c(O)c(/C=N/NC(N)=S)c1. The van der Waals surface area contributed by atoms with Crippen LogP contribution in [0.1, 0.15) is 28.4 Å². The first-order chi connectivity index (χ1) is 11.3. The van der Waals surface area contributed by atoms with Crippen LogP contribution >= 0.6 is 24.4 Å². The van der Waals surface area contributed by atoms with Crippen LogP contribution in [0.15, 0.2) is 22.3 Å². The smallest absolute Gasteiger partial charge is 0.338 e. The lowest BCUT2D eigenvalue weighted by atomic mass is 10.0. The number of nitrogens with two attached hydrogens (primary N) is 2. The molecule has 0 aliphatic carbocycles. The van der Waals surface area contributed by atoms with Gasteiger partial charge in [0.15, 0.2) is 10.2 Å². The molecule has 0 atom stereocenters. The van der Waals surface area contributed by atoms with Gasteiger partial charge in [0.05, 0.1) is 24.6 Å². The molecule has 0 radical (unpaired) electrons. The molecule has 0 amide bonds. The van der Waals surface area contributed by atoms with E-state index in [9.17, 15) is 9.90 Å². The van der Waals surface area contributed by atoms with Gasteiger partial charge in [0.1, 0.15) is 5.75 Å². The Kier molecular flexibility index (Phi) is 7.52. The van der Waals surface area contributed by atoms with Crippen LogP contribution < -0.4 is 22.3 Å². The molecule has 9 nitrogen and oxygen atoms in total. The summed E-state index contributed by atoms with van der Waals surface area (Å²) in [5, 5.41) is 17.6. The molecule has 1 aromatic carbocycles. The number of nitrogens with one attached hydrogen (secondary N) is 2. The van der Waals surface area contributed by atoms with Gasteiger partial charge in [0.2, 0.25) is 0 Å². The number of phenols is 1. The lowest BCUT2D eigenvalue weighted by Crippen LogP contribution is -2.24. The van der Waals surface area contributed by atoms with Crippen LogP contribution in [0.25, 0.3) is 0 Å². The standard InChI is InChI=1S/C13H16N6O3S2/c1-2-22-11(21)7-3-8(5-16-18-12(14)23)10(20)9(4-7)6-17-19-13(15)24/h3-6,20H,2H2,1H3,(H3,14,18,23)(H3,15,19,24)/b16-5+,17-6+. The second kappa shape index (κ2) is 9.37. The van der Waals surface area contributed by atoms with Crippen molar-refractivity contribution in [2.75, 3.05) is 6.61 Å². The molecule has 0 fully saturated rings. The minimum absolute atomic E-state index is 0.0465. The number of rotatable bonds is 6. The summed E-state index contributed by atoms with van der Waals surface area (Å²) in [6, 6.07) is 2.80. The van der Waals surface area contributed by atoms with E-state index in [-0.39, 0.29) is 39.3 Å². The molecular formula is C13H16N6O3S2. The van der Waals surface area contributed by atoms with E-state index in [0.717, 1.165) is 0 Å². The summed E-state index contributed by atoms with van der Waals surface area (Å²) in [5.41, 5.74) is 15.8. The largest absolute Gasteiger partial charge is 0.507 e. The predicted molar refractivity (Wildman–Crippen MR) is 99.1 cm³/mol. The van der Waals surface area contributed by atoms with Crippen molar-refractivity contribution in [1.82, 2.24) is 10.9 Å². The Balaban J connectivity index is 3.24. The van der Waals surface area contributed by atoms with Gasteiger partial charge < -0.3 is 21.3 Å². The average molecular weight is 368 g/mol. The van der Waals surface area contributed by atoms with E-state index in [0.29, 0.717) is 0 Å². The number of ether oxygens (including phenoxy) is 1.